The van der Waals surface area contributed by atoms with Crippen molar-refractivity contribution in [1.29, 1.82) is 0 Å². The van der Waals surface area contributed by atoms with Crippen molar-refractivity contribution in [1.82, 2.24) is 15.0 Å². The highest BCUT2D eigenvalue weighted by Gasteiger charge is 2.40. The lowest BCUT2D eigenvalue weighted by atomic mass is 10.0. The van der Waals surface area contributed by atoms with Gasteiger partial charge in [-0.2, -0.15) is 18.2 Å². The van der Waals surface area contributed by atoms with Crippen LogP contribution in [0, 0.1) is 5.92 Å². The number of alkyl halides is 3. The Morgan fingerprint density at radius 1 is 1.09 bits per heavy atom. The van der Waals surface area contributed by atoms with Gasteiger partial charge in [-0.25, -0.2) is 0 Å². The van der Waals surface area contributed by atoms with E-state index in [2.05, 4.69) is 15.0 Å². The number of benzene rings is 2. The van der Waals surface area contributed by atoms with Gasteiger partial charge in [-0.1, -0.05) is 59.8 Å². The van der Waals surface area contributed by atoms with Crippen molar-refractivity contribution in [3.63, 3.8) is 0 Å². The number of hydrogen-bond donors (Lipinski definition) is 1. The van der Waals surface area contributed by atoms with Crippen LogP contribution in [0.15, 0.2) is 70.8 Å². The molecule has 1 aliphatic carbocycles. The van der Waals surface area contributed by atoms with E-state index in [4.69, 9.17) is 9.63 Å². The van der Waals surface area contributed by atoms with Crippen molar-refractivity contribution in [2.45, 2.75) is 25.6 Å². The molecule has 1 fully saturated rings. The van der Waals surface area contributed by atoms with Crippen molar-refractivity contribution < 1.29 is 27.6 Å². The van der Waals surface area contributed by atoms with Crippen LogP contribution in [-0.2, 0) is 11.3 Å². The van der Waals surface area contributed by atoms with E-state index in [1.54, 1.807) is 30.3 Å². The smallest absolute Gasteiger partial charge is 0.413 e. The van der Waals surface area contributed by atoms with Crippen molar-refractivity contribution in [2.24, 2.45) is 5.92 Å². The van der Waals surface area contributed by atoms with Crippen LogP contribution < -0.4 is 0 Å². The van der Waals surface area contributed by atoms with E-state index in [0.29, 0.717) is 42.0 Å². The average Bonchev–Trinajstić information content (AvgIpc) is 3.59. The van der Waals surface area contributed by atoms with Crippen LogP contribution in [0.4, 0.5) is 13.2 Å². The second kappa shape index (κ2) is 9.14. The van der Waals surface area contributed by atoms with Crippen LogP contribution in [0.3, 0.4) is 0 Å². The molecule has 35 heavy (non-hydrogen) atoms. The summed E-state index contributed by atoms with van der Waals surface area (Å²) in [6.07, 6.45) is -2.69. The second-order valence-electron chi connectivity index (χ2n) is 8.78. The van der Waals surface area contributed by atoms with Crippen molar-refractivity contribution in [3.05, 3.63) is 83.3 Å². The van der Waals surface area contributed by atoms with Gasteiger partial charge in [-0.15, -0.1) is 0 Å². The number of carboxylic acids is 1. The van der Waals surface area contributed by atoms with Gasteiger partial charge < -0.3 is 9.63 Å². The molecular weight excluding hydrogens is 459 g/mol. The molecule has 2 aliphatic rings. The predicted molar refractivity (Wildman–Crippen MR) is 123 cm³/mol. The van der Waals surface area contributed by atoms with Crippen LogP contribution in [0.25, 0.3) is 22.5 Å². The van der Waals surface area contributed by atoms with E-state index in [1.807, 2.05) is 24.3 Å². The molecule has 0 saturated carbocycles. The van der Waals surface area contributed by atoms with Gasteiger partial charge in [0.2, 0.25) is 5.82 Å². The molecule has 0 spiro atoms. The van der Waals surface area contributed by atoms with E-state index in [0.717, 1.165) is 12.1 Å². The maximum absolute atomic E-state index is 13.7. The van der Waals surface area contributed by atoms with Gasteiger partial charge in [0.1, 0.15) is 0 Å². The van der Waals surface area contributed by atoms with Gasteiger partial charge in [0.15, 0.2) is 0 Å². The molecule has 1 aromatic heterocycles. The molecule has 2 aromatic carbocycles. The normalized spacial score (nSPS) is 18.8. The number of likely N-dealkylation sites (tertiary alicyclic amines) is 1. The molecular formula is C26H22F3N3O3. The fourth-order valence-corrected chi connectivity index (χ4v) is 4.53. The highest BCUT2D eigenvalue weighted by Crippen LogP contribution is 2.44. The molecule has 1 N–H and O–H groups in total. The molecule has 2 heterocycles. The van der Waals surface area contributed by atoms with Gasteiger partial charge in [0.25, 0.3) is 5.89 Å². The largest absolute Gasteiger partial charge is 0.481 e. The first-order valence-electron chi connectivity index (χ1n) is 11.2. The molecule has 1 unspecified atom stereocenters. The zero-order chi connectivity index (χ0) is 24.6. The summed E-state index contributed by atoms with van der Waals surface area (Å²) in [5, 5.41) is 13.1. The van der Waals surface area contributed by atoms with E-state index in [-0.39, 0.29) is 23.8 Å². The first kappa shape index (κ1) is 23.0. The van der Waals surface area contributed by atoms with E-state index < -0.39 is 17.7 Å². The molecule has 0 amide bonds. The summed E-state index contributed by atoms with van der Waals surface area (Å²) in [5.74, 6) is -0.733. The molecule has 6 nitrogen and oxygen atoms in total. The number of allylic oxidation sites excluding steroid dienone is 4. The van der Waals surface area contributed by atoms with Gasteiger partial charge in [-0.3, -0.25) is 9.69 Å². The van der Waals surface area contributed by atoms with Crippen LogP contribution in [0.2, 0.25) is 0 Å². The standard InChI is InChI=1S/C26H22F3N3O3/c27-26(28,29)22-13-20(12-21(22)17-4-2-1-3-5-17)24-30-23(31-35-24)18-8-6-16(7-9-18)14-32-11-10-19(15-32)25(33)34/h1-9,12,19H,10-11,13-15H2,(H,33,34). The summed E-state index contributed by atoms with van der Waals surface area (Å²) in [4.78, 5) is 17.6. The molecule has 0 bridgehead atoms. The number of aliphatic carboxylic acids is 1. The lowest BCUT2D eigenvalue weighted by Gasteiger charge is -2.15. The van der Waals surface area contributed by atoms with Gasteiger partial charge in [0.05, 0.1) is 5.92 Å². The molecule has 3 aromatic rings. The summed E-state index contributed by atoms with van der Waals surface area (Å²) in [6.45, 7) is 1.91. The monoisotopic (exact) mass is 481 g/mol. The Bertz CT molecular complexity index is 1290. The summed E-state index contributed by atoms with van der Waals surface area (Å²) in [6, 6.07) is 15.9. The lowest BCUT2D eigenvalue weighted by Crippen LogP contribution is -2.22. The molecule has 1 aliphatic heterocycles. The van der Waals surface area contributed by atoms with Crippen molar-refractivity contribution in [2.75, 3.05) is 13.1 Å². The van der Waals surface area contributed by atoms with Crippen molar-refractivity contribution >= 4 is 17.1 Å². The first-order chi connectivity index (χ1) is 16.8. The fraction of sp³-hybridized carbons (Fsp3) is 0.269. The Hall–Kier alpha value is -3.72. The Balaban J connectivity index is 1.31. The third-order valence-electron chi connectivity index (χ3n) is 6.38. The second-order valence-corrected chi connectivity index (χ2v) is 8.78. The minimum absolute atomic E-state index is 0.0635. The van der Waals surface area contributed by atoms with Gasteiger partial charge >= 0.3 is 12.1 Å². The number of rotatable bonds is 6. The first-order valence-corrected chi connectivity index (χ1v) is 11.2. The SMILES string of the molecule is O=C(O)C1CCN(Cc2ccc(-c3noc(C4=CC(c5ccccc5)=C(C(F)(F)F)C4)n3)cc2)C1. The number of nitrogens with zero attached hydrogens (tertiary/aromatic N) is 3. The molecule has 180 valence electrons. The Morgan fingerprint density at radius 2 is 1.83 bits per heavy atom. The quantitative estimate of drug-likeness (QED) is 0.505. The molecule has 1 atom stereocenters. The van der Waals surface area contributed by atoms with Crippen LogP contribution in [0.5, 0.6) is 0 Å². The highest BCUT2D eigenvalue weighted by molar-refractivity contribution is 5.91. The van der Waals surface area contributed by atoms with E-state index >= 15 is 0 Å². The number of hydrogen-bond acceptors (Lipinski definition) is 5. The van der Waals surface area contributed by atoms with Crippen molar-refractivity contribution in [3.8, 4) is 11.4 Å². The average molecular weight is 481 g/mol. The highest BCUT2D eigenvalue weighted by atomic mass is 19.4. The minimum atomic E-state index is -4.47. The Kier molecular flexibility index (Phi) is 6.02. The van der Waals surface area contributed by atoms with Crippen LogP contribution >= 0.6 is 0 Å². The Labute approximate surface area is 199 Å². The summed E-state index contributed by atoms with van der Waals surface area (Å²) in [7, 11) is 0. The molecule has 5 rings (SSSR count). The third-order valence-corrected chi connectivity index (χ3v) is 6.38. The topological polar surface area (TPSA) is 79.5 Å². The minimum Gasteiger partial charge on any atom is -0.481 e. The number of aromatic nitrogens is 2. The molecule has 0 radical (unpaired) electrons. The van der Waals surface area contributed by atoms with Gasteiger partial charge in [-0.05, 0) is 35.7 Å². The summed E-state index contributed by atoms with van der Waals surface area (Å²) in [5.41, 5.74) is 2.00. The van der Waals surface area contributed by atoms with Crippen LogP contribution in [-0.4, -0.2) is 45.4 Å². The fourth-order valence-electron chi connectivity index (χ4n) is 4.53. The molecule has 9 heteroatoms. The summed E-state index contributed by atoms with van der Waals surface area (Å²) < 4.78 is 46.5. The third kappa shape index (κ3) is 4.90. The Morgan fingerprint density at radius 3 is 2.49 bits per heavy atom. The number of carbonyl (C=O) groups is 1. The molecule has 1 saturated heterocycles. The van der Waals surface area contributed by atoms with E-state index in [9.17, 15) is 18.0 Å². The maximum Gasteiger partial charge on any atom is 0.413 e. The van der Waals surface area contributed by atoms with Crippen LogP contribution in [0.1, 0.15) is 29.9 Å². The zero-order valence-corrected chi connectivity index (χ0v) is 18.6. The zero-order valence-electron chi connectivity index (χ0n) is 18.6. The maximum atomic E-state index is 13.7. The van der Waals surface area contributed by atoms with E-state index in [1.165, 1.54) is 6.08 Å². The predicted octanol–water partition coefficient (Wildman–Crippen LogP) is 5.45. The summed E-state index contributed by atoms with van der Waals surface area (Å²) >= 11 is 0. The van der Waals surface area contributed by atoms with Gasteiger partial charge in [0, 0.05) is 36.2 Å². The number of halogens is 3. The lowest BCUT2D eigenvalue weighted by molar-refractivity contribution is -0.141. The number of carboxylic acid groups (broad SMARTS) is 1.